The molecule has 19 heavy (non-hydrogen) atoms. The van der Waals surface area contributed by atoms with E-state index in [9.17, 15) is 22.0 Å². The van der Waals surface area contributed by atoms with Gasteiger partial charge in [0.1, 0.15) is 0 Å². The van der Waals surface area contributed by atoms with Crippen molar-refractivity contribution in [3.63, 3.8) is 0 Å². The number of alkyl halides is 5. The summed E-state index contributed by atoms with van der Waals surface area (Å²) in [7, 11) is 0. The van der Waals surface area contributed by atoms with Gasteiger partial charge in [0.25, 0.3) is 0 Å². The lowest BCUT2D eigenvalue weighted by atomic mass is 10.1. The number of unbranched alkanes of at least 4 members (excludes halogenated alkanes) is 8. The summed E-state index contributed by atoms with van der Waals surface area (Å²) in [6.45, 7) is 2.14. The molecule has 0 spiro atoms. The van der Waals surface area contributed by atoms with Crippen molar-refractivity contribution >= 4 is 0 Å². The van der Waals surface area contributed by atoms with E-state index in [1.807, 2.05) is 0 Å². The van der Waals surface area contributed by atoms with Gasteiger partial charge in [-0.2, -0.15) is 22.0 Å². The zero-order valence-corrected chi connectivity index (χ0v) is 11.4. The summed E-state index contributed by atoms with van der Waals surface area (Å²) in [5.41, 5.74) is 0. The summed E-state index contributed by atoms with van der Waals surface area (Å²) in [5.74, 6) is -4.70. The van der Waals surface area contributed by atoms with Gasteiger partial charge >= 0.3 is 12.1 Å². The number of hydrogen-bond acceptors (Lipinski definition) is 0. The molecule has 0 aromatic carbocycles. The average molecular weight is 286 g/mol. The minimum atomic E-state index is -5.48. The molecule has 0 aromatic rings. The molecule has 0 unspecified atom stereocenters. The van der Waals surface area contributed by atoms with Crippen LogP contribution in [0.4, 0.5) is 22.0 Å². The lowest BCUT2D eigenvalue weighted by Crippen LogP contribution is -2.33. The molecule has 0 aliphatic heterocycles. The first-order chi connectivity index (χ1) is 8.81. The number of hydrogen-bond donors (Lipinski definition) is 0. The molecule has 0 nitrogen and oxygen atoms in total. The van der Waals surface area contributed by atoms with Gasteiger partial charge in [-0.05, 0) is 18.9 Å². The van der Waals surface area contributed by atoms with Crippen LogP contribution in [0.15, 0.2) is 12.2 Å². The molecule has 0 heterocycles. The molecule has 0 atom stereocenters. The third-order valence-electron chi connectivity index (χ3n) is 2.93. The maximum atomic E-state index is 12.5. The second kappa shape index (κ2) is 9.32. The number of rotatable bonds is 10. The Kier molecular flexibility index (Phi) is 9.02. The van der Waals surface area contributed by atoms with E-state index in [4.69, 9.17) is 0 Å². The maximum absolute atomic E-state index is 12.5. The standard InChI is InChI=1S/C14H23F5/c1-2-3-4-5-6-7-8-9-10-11-12-13(15,16)14(17,18)19/h11-12H,2-10H2,1H3/b12-11+. The quantitative estimate of drug-likeness (QED) is 0.252. The summed E-state index contributed by atoms with van der Waals surface area (Å²) in [6, 6.07) is 0. The van der Waals surface area contributed by atoms with Crippen molar-refractivity contribution in [3.8, 4) is 0 Å². The molecule has 0 rings (SSSR count). The predicted octanol–water partition coefficient (Wildman–Crippen LogP) is 6.27. The largest absolute Gasteiger partial charge is 0.457 e. The normalized spacial score (nSPS) is 13.4. The topological polar surface area (TPSA) is 0 Å². The Morgan fingerprint density at radius 2 is 1.21 bits per heavy atom. The fourth-order valence-electron chi connectivity index (χ4n) is 1.72. The Bertz CT molecular complexity index is 243. The summed E-state index contributed by atoms with van der Waals surface area (Å²) < 4.78 is 60.4. The highest BCUT2D eigenvalue weighted by molar-refractivity contribution is 4.99. The van der Waals surface area contributed by atoms with Gasteiger partial charge in [-0.3, -0.25) is 0 Å². The smallest absolute Gasteiger partial charge is 0.192 e. The van der Waals surface area contributed by atoms with E-state index < -0.39 is 12.1 Å². The molecule has 0 aromatic heterocycles. The van der Waals surface area contributed by atoms with E-state index in [1.54, 1.807) is 0 Å². The molecule has 0 aliphatic carbocycles. The van der Waals surface area contributed by atoms with Gasteiger partial charge in [0, 0.05) is 0 Å². The molecule has 0 aliphatic rings. The van der Waals surface area contributed by atoms with Crippen molar-refractivity contribution in [2.45, 2.75) is 76.8 Å². The lowest BCUT2D eigenvalue weighted by Gasteiger charge is -2.15. The second-order valence-corrected chi connectivity index (χ2v) is 4.79. The Labute approximate surface area is 112 Å². The summed E-state index contributed by atoms with van der Waals surface area (Å²) in [6.07, 6.45) is 4.20. The zero-order valence-electron chi connectivity index (χ0n) is 11.4. The molecule has 5 heteroatoms. The van der Waals surface area contributed by atoms with Crippen LogP contribution in [0.5, 0.6) is 0 Å². The van der Waals surface area contributed by atoms with Crippen LogP contribution >= 0.6 is 0 Å². The van der Waals surface area contributed by atoms with Crippen molar-refractivity contribution in [1.82, 2.24) is 0 Å². The molecule has 0 fully saturated rings. The Morgan fingerprint density at radius 3 is 1.68 bits per heavy atom. The van der Waals surface area contributed by atoms with E-state index in [2.05, 4.69) is 6.92 Å². The number of halogens is 5. The van der Waals surface area contributed by atoms with Gasteiger partial charge in [0.2, 0.25) is 0 Å². The second-order valence-electron chi connectivity index (χ2n) is 4.79. The van der Waals surface area contributed by atoms with Gasteiger partial charge < -0.3 is 0 Å². The first kappa shape index (κ1) is 18.4. The fourth-order valence-corrected chi connectivity index (χ4v) is 1.72. The zero-order chi connectivity index (χ0) is 14.8. The molecule has 0 N–H and O–H groups in total. The van der Waals surface area contributed by atoms with Gasteiger partial charge in [-0.25, -0.2) is 0 Å². The Balaban J connectivity index is 3.54. The molecule has 0 radical (unpaired) electrons. The van der Waals surface area contributed by atoms with E-state index >= 15 is 0 Å². The first-order valence-corrected chi connectivity index (χ1v) is 6.93. The molecular formula is C14H23F5. The van der Waals surface area contributed by atoms with Gasteiger partial charge in [-0.15, -0.1) is 0 Å². The van der Waals surface area contributed by atoms with Crippen molar-refractivity contribution in [2.24, 2.45) is 0 Å². The summed E-state index contributed by atoms with van der Waals surface area (Å²) in [5, 5.41) is 0. The minimum absolute atomic E-state index is 0.0335. The van der Waals surface area contributed by atoms with Crippen molar-refractivity contribution in [2.75, 3.05) is 0 Å². The van der Waals surface area contributed by atoms with E-state index in [0.717, 1.165) is 25.3 Å². The maximum Gasteiger partial charge on any atom is 0.457 e. The highest BCUT2D eigenvalue weighted by Crippen LogP contribution is 2.36. The highest BCUT2D eigenvalue weighted by atomic mass is 19.4. The van der Waals surface area contributed by atoms with Crippen molar-refractivity contribution in [3.05, 3.63) is 12.2 Å². The van der Waals surface area contributed by atoms with Gasteiger partial charge in [0.15, 0.2) is 0 Å². The Morgan fingerprint density at radius 1 is 0.737 bits per heavy atom. The molecule has 0 bridgehead atoms. The molecule has 0 saturated carbocycles. The van der Waals surface area contributed by atoms with E-state index in [0.29, 0.717) is 6.42 Å². The molecule has 0 saturated heterocycles. The van der Waals surface area contributed by atoms with Crippen LogP contribution in [0.25, 0.3) is 0 Å². The molecular weight excluding hydrogens is 263 g/mol. The average Bonchev–Trinajstić information content (AvgIpc) is 2.30. The monoisotopic (exact) mass is 286 g/mol. The van der Waals surface area contributed by atoms with Crippen LogP contribution in [0, 0.1) is 0 Å². The molecule has 114 valence electrons. The van der Waals surface area contributed by atoms with Crippen LogP contribution in [0.3, 0.4) is 0 Å². The predicted molar refractivity (Wildman–Crippen MR) is 67.4 cm³/mol. The number of allylic oxidation sites excluding steroid dienone is 2. The summed E-state index contributed by atoms with van der Waals surface area (Å²) >= 11 is 0. The third-order valence-corrected chi connectivity index (χ3v) is 2.93. The Hall–Kier alpha value is -0.610. The summed E-state index contributed by atoms with van der Waals surface area (Å²) in [4.78, 5) is 0. The van der Waals surface area contributed by atoms with Crippen LogP contribution in [-0.4, -0.2) is 12.1 Å². The fraction of sp³-hybridized carbons (Fsp3) is 0.857. The molecule has 0 amide bonds. The van der Waals surface area contributed by atoms with E-state index in [1.165, 1.54) is 25.7 Å². The van der Waals surface area contributed by atoms with Gasteiger partial charge in [0.05, 0.1) is 0 Å². The van der Waals surface area contributed by atoms with Crippen molar-refractivity contribution < 1.29 is 22.0 Å². The SMILES string of the molecule is CCCCCCCCCC/C=C/C(F)(F)C(F)(F)F. The highest BCUT2D eigenvalue weighted by Gasteiger charge is 2.55. The van der Waals surface area contributed by atoms with Gasteiger partial charge in [-0.1, -0.05) is 57.9 Å². The first-order valence-electron chi connectivity index (χ1n) is 6.93. The van der Waals surface area contributed by atoms with Crippen LogP contribution in [0.1, 0.15) is 64.7 Å². The van der Waals surface area contributed by atoms with Crippen LogP contribution in [0.2, 0.25) is 0 Å². The van der Waals surface area contributed by atoms with Crippen LogP contribution in [-0.2, 0) is 0 Å². The van der Waals surface area contributed by atoms with E-state index in [-0.39, 0.29) is 12.5 Å². The van der Waals surface area contributed by atoms with Crippen LogP contribution < -0.4 is 0 Å². The van der Waals surface area contributed by atoms with Crippen molar-refractivity contribution in [1.29, 1.82) is 0 Å². The lowest BCUT2D eigenvalue weighted by molar-refractivity contribution is -0.259. The minimum Gasteiger partial charge on any atom is -0.192 e. The third kappa shape index (κ3) is 9.00.